The van der Waals surface area contributed by atoms with Gasteiger partial charge in [0.1, 0.15) is 5.01 Å². The Hall–Kier alpha value is -3.17. The molecule has 152 valence electrons. The number of hydrogen-bond donors (Lipinski definition) is 1. The molecule has 1 N–H and O–H groups in total. The maximum atomic E-state index is 12.7. The first-order valence-electron chi connectivity index (χ1n) is 9.32. The van der Waals surface area contributed by atoms with E-state index in [4.69, 9.17) is 11.6 Å². The largest absolute Gasteiger partial charge is 0.348 e. The normalized spacial score (nSPS) is 11.9. The van der Waals surface area contributed by atoms with Gasteiger partial charge in [-0.15, -0.1) is 21.5 Å². The lowest BCUT2D eigenvalue weighted by atomic mass is 10.2. The molecule has 4 aromatic rings. The van der Waals surface area contributed by atoms with E-state index < -0.39 is 6.04 Å². The molecule has 30 heavy (non-hydrogen) atoms. The first-order valence-corrected chi connectivity index (χ1v) is 10.6. The highest BCUT2D eigenvalue weighted by atomic mass is 35.5. The molecular formula is C20H18ClN7OS. The predicted molar refractivity (Wildman–Crippen MR) is 115 cm³/mol. The van der Waals surface area contributed by atoms with Crippen molar-refractivity contribution in [1.29, 1.82) is 0 Å². The molecule has 1 aromatic carbocycles. The van der Waals surface area contributed by atoms with Crippen LogP contribution in [0.4, 0.5) is 0 Å². The zero-order valence-electron chi connectivity index (χ0n) is 16.1. The van der Waals surface area contributed by atoms with Gasteiger partial charge < -0.3 is 5.32 Å². The SMILES string of the molecule is CCC(C(=O)NCc1nc(-c2ccncc2)cs1)n1nnc(-c2ccc(Cl)cc2)n1. The summed E-state index contributed by atoms with van der Waals surface area (Å²) < 4.78 is 0. The van der Waals surface area contributed by atoms with Crippen LogP contribution in [0, 0.1) is 0 Å². The molecule has 0 aliphatic heterocycles. The molecule has 0 aliphatic rings. The van der Waals surface area contributed by atoms with Crippen molar-refractivity contribution >= 4 is 28.8 Å². The molecule has 0 saturated carbocycles. The van der Waals surface area contributed by atoms with Gasteiger partial charge in [0, 0.05) is 33.9 Å². The van der Waals surface area contributed by atoms with Gasteiger partial charge in [-0.1, -0.05) is 18.5 Å². The van der Waals surface area contributed by atoms with E-state index in [2.05, 4.69) is 30.7 Å². The van der Waals surface area contributed by atoms with E-state index in [1.54, 1.807) is 24.5 Å². The molecule has 0 aliphatic carbocycles. The van der Waals surface area contributed by atoms with Gasteiger partial charge in [-0.25, -0.2) is 4.98 Å². The second kappa shape index (κ2) is 9.10. The van der Waals surface area contributed by atoms with Crippen molar-refractivity contribution in [3.63, 3.8) is 0 Å². The van der Waals surface area contributed by atoms with Crippen LogP contribution in [-0.4, -0.2) is 36.1 Å². The van der Waals surface area contributed by atoms with Gasteiger partial charge in [-0.3, -0.25) is 9.78 Å². The minimum Gasteiger partial charge on any atom is -0.348 e. The third-order valence-electron chi connectivity index (χ3n) is 4.44. The number of aromatic nitrogens is 6. The lowest BCUT2D eigenvalue weighted by Crippen LogP contribution is -2.33. The minimum atomic E-state index is -0.557. The topological polar surface area (TPSA) is 98.5 Å². The molecule has 3 heterocycles. The fourth-order valence-corrected chi connectivity index (χ4v) is 3.72. The molecule has 0 radical (unpaired) electrons. The summed E-state index contributed by atoms with van der Waals surface area (Å²) in [6.45, 7) is 2.24. The van der Waals surface area contributed by atoms with Crippen LogP contribution in [0.5, 0.6) is 0 Å². The third kappa shape index (κ3) is 4.52. The standard InChI is InChI=1S/C20H18ClN7OS/c1-2-17(28-26-19(25-27-28)14-3-5-15(21)6-4-14)20(29)23-11-18-24-16(12-30-18)13-7-9-22-10-8-13/h3-10,12,17H,2,11H2,1H3,(H,23,29). The molecule has 0 fully saturated rings. The summed E-state index contributed by atoms with van der Waals surface area (Å²) in [6.07, 6.45) is 3.99. The van der Waals surface area contributed by atoms with Crippen LogP contribution in [0.2, 0.25) is 5.02 Å². The molecule has 1 amide bonds. The van der Waals surface area contributed by atoms with Crippen molar-refractivity contribution in [1.82, 2.24) is 35.5 Å². The summed E-state index contributed by atoms with van der Waals surface area (Å²) >= 11 is 7.42. The highest BCUT2D eigenvalue weighted by Gasteiger charge is 2.22. The summed E-state index contributed by atoms with van der Waals surface area (Å²) in [6, 6.07) is 10.4. The van der Waals surface area contributed by atoms with Crippen LogP contribution >= 0.6 is 22.9 Å². The summed E-state index contributed by atoms with van der Waals surface area (Å²) in [5.41, 5.74) is 2.64. The smallest absolute Gasteiger partial charge is 0.247 e. The van der Waals surface area contributed by atoms with Crippen LogP contribution < -0.4 is 5.32 Å². The Morgan fingerprint density at radius 1 is 1.17 bits per heavy atom. The second-order valence-corrected chi connectivity index (χ2v) is 7.82. The number of pyridine rings is 1. The Morgan fingerprint density at radius 2 is 1.93 bits per heavy atom. The molecule has 3 aromatic heterocycles. The van der Waals surface area contributed by atoms with Crippen molar-refractivity contribution in [2.45, 2.75) is 25.9 Å². The van der Waals surface area contributed by atoms with Crippen molar-refractivity contribution in [2.75, 3.05) is 0 Å². The van der Waals surface area contributed by atoms with E-state index in [1.165, 1.54) is 16.1 Å². The van der Waals surface area contributed by atoms with E-state index in [1.807, 2.05) is 36.6 Å². The highest BCUT2D eigenvalue weighted by Crippen LogP contribution is 2.21. The second-order valence-electron chi connectivity index (χ2n) is 6.44. The van der Waals surface area contributed by atoms with Crippen molar-refractivity contribution < 1.29 is 4.79 Å². The summed E-state index contributed by atoms with van der Waals surface area (Å²) in [5, 5.41) is 18.8. The van der Waals surface area contributed by atoms with Gasteiger partial charge in [-0.2, -0.15) is 4.80 Å². The van der Waals surface area contributed by atoms with Crippen LogP contribution in [0.3, 0.4) is 0 Å². The molecule has 8 nitrogen and oxygen atoms in total. The average Bonchev–Trinajstić information content (AvgIpc) is 3.44. The van der Waals surface area contributed by atoms with Gasteiger partial charge in [-0.05, 0) is 48.0 Å². The Labute approximate surface area is 182 Å². The van der Waals surface area contributed by atoms with E-state index in [0.717, 1.165) is 21.8 Å². The van der Waals surface area contributed by atoms with Gasteiger partial charge in [0.2, 0.25) is 11.7 Å². The Morgan fingerprint density at radius 3 is 2.67 bits per heavy atom. The number of rotatable bonds is 7. The minimum absolute atomic E-state index is 0.182. The molecule has 1 unspecified atom stereocenters. The number of hydrogen-bond acceptors (Lipinski definition) is 7. The monoisotopic (exact) mass is 439 g/mol. The number of nitrogens with zero attached hydrogens (tertiary/aromatic N) is 6. The Bertz CT molecular complexity index is 1130. The number of benzene rings is 1. The molecule has 0 saturated heterocycles. The highest BCUT2D eigenvalue weighted by molar-refractivity contribution is 7.09. The zero-order chi connectivity index (χ0) is 20.9. The first-order chi connectivity index (χ1) is 14.6. The molecule has 0 spiro atoms. The number of nitrogens with one attached hydrogen (secondary N) is 1. The van der Waals surface area contributed by atoms with Crippen LogP contribution in [0.25, 0.3) is 22.6 Å². The lowest BCUT2D eigenvalue weighted by Gasteiger charge is -2.12. The number of amides is 1. The molecule has 0 bridgehead atoms. The summed E-state index contributed by atoms with van der Waals surface area (Å²) in [5.74, 6) is 0.262. The maximum Gasteiger partial charge on any atom is 0.247 e. The van der Waals surface area contributed by atoms with E-state index in [-0.39, 0.29) is 5.91 Å². The summed E-state index contributed by atoms with van der Waals surface area (Å²) in [7, 11) is 0. The first kappa shape index (κ1) is 20.1. The number of thiazole rings is 1. The average molecular weight is 440 g/mol. The van der Waals surface area contributed by atoms with Crippen molar-refractivity contribution in [3.05, 3.63) is 64.2 Å². The number of carbonyl (C=O) groups excluding carboxylic acids is 1. The van der Waals surface area contributed by atoms with E-state index in [0.29, 0.717) is 23.8 Å². The number of carbonyl (C=O) groups is 1. The summed E-state index contributed by atoms with van der Waals surface area (Å²) in [4.78, 5) is 22.7. The fraction of sp³-hybridized carbons (Fsp3) is 0.200. The van der Waals surface area contributed by atoms with Gasteiger partial charge in [0.05, 0.1) is 12.2 Å². The zero-order valence-corrected chi connectivity index (χ0v) is 17.6. The maximum absolute atomic E-state index is 12.7. The van der Waals surface area contributed by atoms with Crippen LogP contribution in [-0.2, 0) is 11.3 Å². The van der Waals surface area contributed by atoms with Gasteiger partial charge in [0.15, 0.2) is 6.04 Å². The van der Waals surface area contributed by atoms with E-state index >= 15 is 0 Å². The van der Waals surface area contributed by atoms with Crippen molar-refractivity contribution in [2.24, 2.45) is 0 Å². The lowest BCUT2D eigenvalue weighted by molar-refractivity contribution is -0.125. The fourth-order valence-electron chi connectivity index (χ4n) is 2.85. The quantitative estimate of drug-likeness (QED) is 0.470. The molecule has 1 atom stereocenters. The Kier molecular flexibility index (Phi) is 6.10. The molecular weight excluding hydrogens is 422 g/mol. The third-order valence-corrected chi connectivity index (χ3v) is 5.54. The molecule has 10 heteroatoms. The Balaban J connectivity index is 1.41. The molecule has 4 rings (SSSR count). The number of halogens is 1. The van der Waals surface area contributed by atoms with Crippen molar-refractivity contribution in [3.8, 4) is 22.6 Å². The number of tetrazole rings is 1. The predicted octanol–water partition coefficient (Wildman–Crippen LogP) is 3.78. The van der Waals surface area contributed by atoms with Crippen LogP contribution in [0.1, 0.15) is 24.4 Å². The van der Waals surface area contributed by atoms with Gasteiger partial charge >= 0.3 is 0 Å². The van der Waals surface area contributed by atoms with Crippen LogP contribution in [0.15, 0.2) is 54.2 Å². The van der Waals surface area contributed by atoms with E-state index in [9.17, 15) is 4.79 Å². The van der Waals surface area contributed by atoms with Gasteiger partial charge in [0.25, 0.3) is 0 Å².